The highest BCUT2D eigenvalue weighted by Gasteiger charge is 1.91. The van der Waals surface area contributed by atoms with Crippen molar-refractivity contribution in [3.8, 4) is 0 Å². The Morgan fingerprint density at radius 2 is 2.47 bits per heavy atom. The van der Waals surface area contributed by atoms with Crippen molar-refractivity contribution in [2.75, 3.05) is 13.7 Å². The summed E-state index contributed by atoms with van der Waals surface area (Å²) in [4.78, 5) is 14.9. The van der Waals surface area contributed by atoms with Crippen LogP contribution in [0.2, 0.25) is 0 Å². The van der Waals surface area contributed by atoms with E-state index < -0.39 is 0 Å². The summed E-state index contributed by atoms with van der Waals surface area (Å²) in [6.45, 7) is 0.741. The van der Waals surface area contributed by atoms with Gasteiger partial charge in [0.1, 0.15) is 0 Å². The molecule has 1 aromatic heterocycles. The number of methoxy groups -OCH3 is 1. The van der Waals surface area contributed by atoms with E-state index in [-0.39, 0.29) is 5.97 Å². The number of aromatic nitrogens is 1. The third kappa shape index (κ3) is 4.81. The topological polar surface area (TPSA) is 51.2 Å². The Morgan fingerprint density at radius 1 is 1.60 bits per heavy atom. The minimum Gasteiger partial charge on any atom is -0.466 e. The second kappa shape index (κ2) is 6.59. The van der Waals surface area contributed by atoms with Gasteiger partial charge in [0.2, 0.25) is 0 Å². The smallest absolute Gasteiger partial charge is 0.331 e. The summed E-state index contributed by atoms with van der Waals surface area (Å²) in [5.74, 6) is -0.361. The van der Waals surface area contributed by atoms with Crippen molar-refractivity contribution in [2.45, 2.75) is 6.42 Å². The number of rotatable bonds is 5. The average Bonchev–Trinajstić information content (AvgIpc) is 2.29. The van der Waals surface area contributed by atoms with Gasteiger partial charge in [-0.3, -0.25) is 4.98 Å². The molecular weight excluding hydrogens is 192 g/mol. The summed E-state index contributed by atoms with van der Waals surface area (Å²) < 4.78 is 4.44. The molecule has 0 aliphatic carbocycles. The van der Waals surface area contributed by atoms with Crippen molar-refractivity contribution in [3.63, 3.8) is 0 Å². The third-order valence-electron chi connectivity index (χ3n) is 1.79. The van der Waals surface area contributed by atoms with Gasteiger partial charge in [0.15, 0.2) is 0 Å². The molecule has 1 heterocycles. The van der Waals surface area contributed by atoms with Gasteiger partial charge in [0, 0.05) is 37.1 Å². The molecule has 1 aromatic rings. The lowest BCUT2D eigenvalue weighted by Crippen LogP contribution is -2.11. The molecule has 0 bridgehead atoms. The fraction of sp³-hybridized carbons (Fsp3) is 0.273. The predicted molar refractivity (Wildman–Crippen MR) is 57.1 cm³/mol. The zero-order chi connectivity index (χ0) is 10.9. The van der Waals surface area contributed by atoms with Gasteiger partial charge in [-0.15, -0.1) is 0 Å². The summed E-state index contributed by atoms with van der Waals surface area (Å²) in [6, 6.07) is 5.80. The summed E-state index contributed by atoms with van der Waals surface area (Å²) in [5, 5.41) is 2.98. The Kier molecular flexibility index (Phi) is 4.94. The number of ether oxygens (including phenoxy) is 1. The van der Waals surface area contributed by atoms with Crippen LogP contribution in [0.4, 0.5) is 0 Å². The molecule has 0 aliphatic heterocycles. The maximum Gasteiger partial charge on any atom is 0.331 e. The van der Waals surface area contributed by atoms with Crippen LogP contribution in [0.25, 0.3) is 0 Å². The zero-order valence-corrected chi connectivity index (χ0v) is 8.64. The lowest BCUT2D eigenvalue weighted by atomic mass is 10.3. The van der Waals surface area contributed by atoms with Crippen LogP contribution < -0.4 is 5.32 Å². The number of carbonyl (C=O) groups excluding carboxylic acids is 1. The second-order valence-corrected chi connectivity index (χ2v) is 2.88. The highest BCUT2D eigenvalue weighted by molar-refractivity contribution is 5.81. The molecule has 1 N–H and O–H groups in total. The van der Waals surface area contributed by atoms with Gasteiger partial charge in [-0.1, -0.05) is 6.07 Å². The van der Waals surface area contributed by atoms with E-state index in [1.807, 2.05) is 18.2 Å². The predicted octanol–water partition coefficient (Wildman–Crippen LogP) is 0.900. The highest BCUT2D eigenvalue weighted by atomic mass is 16.5. The molecule has 0 atom stereocenters. The first-order chi connectivity index (χ1) is 7.33. The van der Waals surface area contributed by atoms with Gasteiger partial charge >= 0.3 is 5.97 Å². The Hall–Kier alpha value is -1.84. The highest BCUT2D eigenvalue weighted by Crippen LogP contribution is 1.92. The lowest BCUT2D eigenvalue weighted by Gasteiger charge is -1.99. The van der Waals surface area contributed by atoms with Crippen molar-refractivity contribution in [1.29, 1.82) is 0 Å². The molecule has 0 saturated carbocycles. The van der Waals surface area contributed by atoms with E-state index in [1.54, 1.807) is 12.4 Å². The Balaban J connectivity index is 2.17. The average molecular weight is 206 g/mol. The fourth-order valence-electron chi connectivity index (χ4n) is 1.02. The van der Waals surface area contributed by atoms with Gasteiger partial charge in [0.25, 0.3) is 0 Å². The standard InChI is InChI=1S/C11H14N2O2/c1-15-11(14)6-9-12-8-5-10-4-2-3-7-13-10/h2-4,6-7,9,12H,5,8H2,1H3/b9-6+. The molecule has 0 saturated heterocycles. The maximum absolute atomic E-state index is 10.7. The molecule has 0 amide bonds. The van der Waals surface area contributed by atoms with Crippen LogP contribution in [-0.4, -0.2) is 24.6 Å². The van der Waals surface area contributed by atoms with Crippen molar-refractivity contribution in [3.05, 3.63) is 42.4 Å². The minimum atomic E-state index is -0.361. The molecular formula is C11H14N2O2. The fourth-order valence-corrected chi connectivity index (χ4v) is 1.02. The summed E-state index contributed by atoms with van der Waals surface area (Å²) in [6.07, 6.45) is 5.51. The van der Waals surface area contributed by atoms with E-state index in [9.17, 15) is 4.79 Å². The first-order valence-electron chi connectivity index (χ1n) is 4.70. The van der Waals surface area contributed by atoms with E-state index in [2.05, 4.69) is 15.0 Å². The number of hydrogen-bond donors (Lipinski definition) is 1. The van der Waals surface area contributed by atoms with E-state index in [4.69, 9.17) is 0 Å². The lowest BCUT2D eigenvalue weighted by molar-refractivity contribution is -0.134. The second-order valence-electron chi connectivity index (χ2n) is 2.88. The summed E-state index contributed by atoms with van der Waals surface area (Å²) in [7, 11) is 1.35. The molecule has 4 heteroatoms. The van der Waals surface area contributed by atoms with Crippen LogP contribution in [0.15, 0.2) is 36.7 Å². The van der Waals surface area contributed by atoms with E-state index in [0.29, 0.717) is 0 Å². The van der Waals surface area contributed by atoms with Crippen molar-refractivity contribution >= 4 is 5.97 Å². The third-order valence-corrected chi connectivity index (χ3v) is 1.79. The van der Waals surface area contributed by atoms with Crippen LogP contribution in [0.1, 0.15) is 5.69 Å². The first-order valence-corrected chi connectivity index (χ1v) is 4.70. The number of carbonyl (C=O) groups is 1. The van der Waals surface area contributed by atoms with Gasteiger partial charge in [0.05, 0.1) is 7.11 Å². The number of nitrogens with zero attached hydrogens (tertiary/aromatic N) is 1. The number of pyridine rings is 1. The molecule has 0 fully saturated rings. The molecule has 15 heavy (non-hydrogen) atoms. The van der Waals surface area contributed by atoms with Crippen molar-refractivity contribution in [1.82, 2.24) is 10.3 Å². The summed E-state index contributed by atoms with van der Waals surface area (Å²) >= 11 is 0. The van der Waals surface area contributed by atoms with Crippen LogP contribution in [0.3, 0.4) is 0 Å². The van der Waals surface area contributed by atoms with Gasteiger partial charge in [-0.05, 0) is 12.1 Å². The summed E-state index contributed by atoms with van der Waals surface area (Å²) in [5.41, 5.74) is 1.02. The molecule has 0 unspecified atom stereocenters. The molecule has 0 spiro atoms. The molecule has 4 nitrogen and oxygen atoms in total. The Bertz CT molecular complexity index is 323. The maximum atomic E-state index is 10.7. The molecule has 0 radical (unpaired) electrons. The Labute approximate surface area is 89.0 Å². The number of nitrogens with one attached hydrogen (secondary N) is 1. The van der Waals surface area contributed by atoms with Crippen LogP contribution in [-0.2, 0) is 16.0 Å². The normalized spacial score (nSPS) is 10.2. The van der Waals surface area contributed by atoms with Gasteiger partial charge in [-0.25, -0.2) is 4.79 Å². The quantitative estimate of drug-likeness (QED) is 0.442. The van der Waals surface area contributed by atoms with Gasteiger partial charge in [-0.2, -0.15) is 0 Å². The monoisotopic (exact) mass is 206 g/mol. The number of hydrogen-bond acceptors (Lipinski definition) is 4. The van der Waals surface area contributed by atoms with E-state index in [0.717, 1.165) is 18.7 Å². The first kappa shape index (κ1) is 11.2. The molecule has 0 aliphatic rings. The van der Waals surface area contributed by atoms with Gasteiger partial charge < -0.3 is 10.1 Å². The SMILES string of the molecule is COC(=O)/C=C/NCCc1ccccn1. The van der Waals surface area contributed by atoms with E-state index >= 15 is 0 Å². The molecule has 80 valence electrons. The Morgan fingerprint density at radius 3 is 3.13 bits per heavy atom. The minimum absolute atomic E-state index is 0.361. The van der Waals surface area contributed by atoms with Crippen molar-refractivity contribution < 1.29 is 9.53 Å². The zero-order valence-electron chi connectivity index (χ0n) is 8.64. The van der Waals surface area contributed by atoms with Crippen LogP contribution in [0, 0.1) is 0 Å². The van der Waals surface area contributed by atoms with Crippen LogP contribution in [0.5, 0.6) is 0 Å². The van der Waals surface area contributed by atoms with E-state index in [1.165, 1.54) is 13.2 Å². The van der Waals surface area contributed by atoms with Crippen molar-refractivity contribution in [2.24, 2.45) is 0 Å². The molecule has 0 aromatic carbocycles. The molecule has 1 rings (SSSR count). The number of esters is 1. The van der Waals surface area contributed by atoms with Crippen LogP contribution >= 0.6 is 0 Å². The largest absolute Gasteiger partial charge is 0.466 e.